The molecule has 0 spiro atoms. The van der Waals surface area contributed by atoms with Gasteiger partial charge < -0.3 is 0 Å². The Labute approximate surface area is 68.8 Å². The van der Waals surface area contributed by atoms with Gasteiger partial charge in [-0.2, -0.15) is 0 Å². The van der Waals surface area contributed by atoms with Gasteiger partial charge in [0.05, 0.1) is 9.52 Å². The van der Waals surface area contributed by atoms with Crippen LogP contribution in [0.5, 0.6) is 0 Å². The van der Waals surface area contributed by atoms with Gasteiger partial charge in [-0.15, -0.1) is 12.3 Å². The normalized spacial score (nSPS) is 9.20. The fourth-order valence-electron chi connectivity index (χ4n) is 0.781. The second-order valence-corrected chi connectivity index (χ2v) is 3.78. The molecule has 1 rings (SSSR count). The predicted octanol–water partition coefficient (Wildman–Crippen LogP) is -0.827. The van der Waals surface area contributed by atoms with Crippen molar-refractivity contribution in [2.45, 2.75) is 0 Å². The first-order valence-electron chi connectivity index (χ1n) is 3.08. The van der Waals surface area contributed by atoms with E-state index in [1.54, 1.807) is 0 Å². The van der Waals surface area contributed by atoms with Crippen LogP contribution in [0.15, 0.2) is 42.6 Å². The molecular formula is C8H14Si2. The van der Waals surface area contributed by atoms with E-state index in [-0.39, 0.29) is 20.5 Å². The molecule has 1 aromatic rings. The van der Waals surface area contributed by atoms with E-state index in [4.69, 9.17) is 0 Å². The van der Waals surface area contributed by atoms with Crippen molar-refractivity contribution in [2.24, 2.45) is 0 Å². The molecule has 2 heteroatoms. The molecule has 10 heavy (non-hydrogen) atoms. The van der Waals surface area contributed by atoms with Crippen molar-refractivity contribution in [3.8, 4) is 0 Å². The van der Waals surface area contributed by atoms with E-state index in [0.29, 0.717) is 0 Å². The Hall–Kier alpha value is -0.606. The maximum absolute atomic E-state index is 3.72. The Morgan fingerprint density at radius 1 is 1.20 bits per heavy atom. The van der Waals surface area contributed by atoms with E-state index >= 15 is 0 Å². The first-order chi connectivity index (χ1) is 4.43. The summed E-state index contributed by atoms with van der Waals surface area (Å²) in [6, 6.07) is 10.5. The monoisotopic (exact) mass is 166 g/mol. The second-order valence-electron chi connectivity index (χ2n) is 1.98. The highest BCUT2D eigenvalue weighted by Crippen LogP contribution is 1.80. The highest BCUT2D eigenvalue weighted by Gasteiger charge is 1.83. The topological polar surface area (TPSA) is 0 Å². The molecule has 0 saturated heterocycles. The Morgan fingerprint density at radius 2 is 1.80 bits per heavy atom. The quantitative estimate of drug-likeness (QED) is 0.503. The number of benzene rings is 1. The molecule has 0 aliphatic carbocycles. The van der Waals surface area contributed by atoms with E-state index in [9.17, 15) is 0 Å². The Morgan fingerprint density at radius 3 is 2.30 bits per heavy atom. The molecule has 0 atom stereocenters. The standard InChI is InChI=1S/C8H10Si.H4Si/c1-2-9-8-6-4-3-5-7-8;/h2-7H,1,9H2;1H4. The van der Waals surface area contributed by atoms with Gasteiger partial charge in [-0.25, -0.2) is 0 Å². The summed E-state index contributed by atoms with van der Waals surface area (Å²) in [6.07, 6.45) is 0. The predicted molar refractivity (Wildman–Crippen MR) is 56.2 cm³/mol. The third kappa shape index (κ3) is 2.80. The maximum atomic E-state index is 3.72. The molecular weight excluding hydrogens is 152 g/mol. The summed E-state index contributed by atoms with van der Waals surface area (Å²) in [6.45, 7) is 3.72. The molecule has 0 aliphatic rings. The lowest BCUT2D eigenvalue weighted by atomic mass is 10.4. The van der Waals surface area contributed by atoms with Gasteiger partial charge in [0.25, 0.3) is 0 Å². The summed E-state index contributed by atoms with van der Waals surface area (Å²) in [5.74, 6) is 0. The molecule has 0 nitrogen and oxygen atoms in total. The molecule has 0 amide bonds. The molecule has 0 aliphatic heterocycles. The lowest BCUT2D eigenvalue weighted by Gasteiger charge is -1.90. The van der Waals surface area contributed by atoms with Gasteiger partial charge >= 0.3 is 0 Å². The van der Waals surface area contributed by atoms with E-state index in [1.165, 1.54) is 5.19 Å². The molecule has 0 bridgehead atoms. The molecule has 54 valence electrons. The van der Waals surface area contributed by atoms with Gasteiger partial charge in [0.1, 0.15) is 0 Å². The first-order valence-corrected chi connectivity index (χ1v) is 4.60. The van der Waals surface area contributed by atoms with Crippen LogP contribution in [0.25, 0.3) is 0 Å². The van der Waals surface area contributed by atoms with Gasteiger partial charge in [-0.1, -0.05) is 35.5 Å². The van der Waals surface area contributed by atoms with Crippen LogP contribution >= 0.6 is 0 Å². The van der Waals surface area contributed by atoms with Crippen molar-refractivity contribution in [2.75, 3.05) is 0 Å². The molecule has 0 aromatic heterocycles. The van der Waals surface area contributed by atoms with Crippen LogP contribution in [0.1, 0.15) is 0 Å². The molecule has 1 aromatic carbocycles. The van der Waals surface area contributed by atoms with Crippen LogP contribution < -0.4 is 5.19 Å². The molecule has 0 radical (unpaired) electrons. The van der Waals surface area contributed by atoms with Gasteiger partial charge in [-0.05, 0) is 11.0 Å². The average molecular weight is 166 g/mol. The number of hydrogen-bond acceptors (Lipinski definition) is 0. The Bertz CT molecular complexity index is 182. The number of hydrogen-bond donors (Lipinski definition) is 0. The van der Waals surface area contributed by atoms with Crippen LogP contribution in [0, 0.1) is 0 Å². The minimum atomic E-state index is -0.137. The summed E-state index contributed by atoms with van der Waals surface area (Å²) >= 11 is 0. The van der Waals surface area contributed by atoms with Crippen molar-refractivity contribution < 1.29 is 0 Å². The van der Waals surface area contributed by atoms with Crippen LogP contribution in [-0.4, -0.2) is 20.5 Å². The van der Waals surface area contributed by atoms with Crippen molar-refractivity contribution in [1.29, 1.82) is 0 Å². The minimum absolute atomic E-state index is 0. The van der Waals surface area contributed by atoms with E-state index < -0.39 is 0 Å². The highest BCUT2D eigenvalue weighted by atomic mass is 28.2. The first kappa shape index (κ1) is 9.39. The fraction of sp³-hybridized carbons (Fsp3) is 0. The van der Waals surface area contributed by atoms with Crippen molar-refractivity contribution in [3.05, 3.63) is 42.6 Å². The Kier molecular flexibility index (Phi) is 4.88. The zero-order valence-electron chi connectivity index (χ0n) is 5.38. The fourth-order valence-corrected chi connectivity index (χ4v) is 1.66. The lowest BCUT2D eigenvalue weighted by molar-refractivity contribution is 1.77. The highest BCUT2D eigenvalue weighted by molar-refractivity contribution is 6.58. The van der Waals surface area contributed by atoms with Crippen molar-refractivity contribution in [3.63, 3.8) is 0 Å². The van der Waals surface area contributed by atoms with E-state index in [2.05, 4.69) is 36.5 Å². The lowest BCUT2D eigenvalue weighted by Crippen LogP contribution is -2.09. The van der Waals surface area contributed by atoms with Crippen LogP contribution in [0.2, 0.25) is 0 Å². The smallest absolute Gasteiger partial charge is 0.0775 e. The van der Waals surface area contributed by atoms with Crippen molar-refractivity contribution in [1.82, 2.24) is 0 Å². The third-order valence-electron chi connectivity index (χ3n) is 1.22. The molecule has 0 unspecified atom stereocenters. The zero-order valence-corrected chi connectivity index (χ0v) is 6.79. The largest absolute Gasteiger partial charge is 0.107 e. The van der Waals surface area contributed by atoms with Crippen LogP contribution in [0.3, 0.4) is 0 Å². The maximum Gasteiger partial charge on any atom is 0.0775 e. The van der Waals surface area contributed by atoms with Gasteiger partial charge in [0.2, 0.25) is 0 Å². The van der Waals surface area contributed by atoms with E-state index in [1.807, 2.05) is 6.07 Å². The van der Waals surface area contributed by atoms with Crippen molar-refractivity contribution >= 4 is 25.7 Å². The average Bonchev–Trinajstić information content (AvgIpc) is 1.91. The Balaban J connectivity index is 0.000000810. The molecule has 0 heterocycles. The zero-order chi connectivity index (χ0) is 6.53. The second kappa shape index (κ2) is 5.20. The summed E-state index contributed by atoms with van der Waals surface area (Å²) in [4.78, 5) is 0. The van der Waals surface area contributed by atoms with Crippen LogP contribution in [-0.2, 0) is 0 Å². The third-order valence-corrected chi connectivity index (χ3v) is 2.45. The summed E-state index contributed by atoms with van der Waals surface area (Å²) in [7, 11) is -0.137. The van der Waals surface area contributed by atoms with Gasteiger partial charge in [0, 0.05) is 0 Å². The molecule has 0 N–H and O–H groups in total. The summed E-state index contributed by atoms with van der Waals surface area (Å²) < 4.78 is 0. The van der Waals surface area contributed by atoms with Gasteiger partial charge in [0.15, 0.2) is 0 Å². The SMILES string of the molecule is C=C[SiH2]c1ccccc1.[SiH4]. The van der Waals surface area contributed by atoms with Gasteiger partial charge in [-0.3, -0.25) is 0 Å². The summed E-state index contributed by atoms with van der Waals surface area (Å²) in [5, 5.41) is 1.47. The molecule has 0 saturated carbocycles. The number of rotatable bonds is 2. The van der Waals surface area contributed by atoms with Crippen LogP contribution in [0.4, 0.5) is 0 Å². The minimum Gasteiger partial charge on any atom is -0.107 e. The summed E-state index contributed by atoms with van der Waals surface area (Å²) in [5.41, 5.74) is 2.05. The van der Waals surface area contributed by atoms with E-state index in [0.717, 1.165) is 0 Å². The molecule has 0 fully saturated rings.